The molecule has 0 aliphatic heterocycles. The summed E-state index contributed by atoms with van der Waals surface area (Å²) >= 11 is 5.98. The van der Waals surface area contributed by atoms with Crippen LogP contribution in [0.3, 0.4) is 0 Å². The molecule has 1 aromatic heterocycles. The van der Waals surface area contributed by atoms with Crippen LogP contribution in [0.1, 0.15) is 38.9 Å². The van der Waals surface area contributed by atoms with Crippen LogP contribution >= 0.6 is 11.6 Å². The van der Waals surface area contributed by atoms with Crippen molar-refractivity contribution in [3.63, 3.8) is 0 Å². The van der Waals surface area contributed by atoms with Crippen molar-refractivity contribution in [2.75, 3.05) is 6.54 Å². The maximum atomic E-state index is 5.98. The van der Waals surface area contributed by atoms with E-state index in [1.54, 1.807) is 0 Å². The summed E-state index contributed by atoms with van der Waals surface area (Å²) in [6, 6.07) is 5.69. The van der Waals surface area contributed by atoms with Gasteiger partial charge in [-0.2, -0.15) is 0 Å². The van der Waals surface area contributed by atoms with E-state index in [1.807, 2.05) is 18.2 Å². The Morgan fingerprint density at radius 3 is 2.72 bits per heavy atom. The summed E-state index contributed by atoms with van der Waals surface area (Å²) in [5.74, 6) is 1.22. The number of nitrogens with zero attached hydrogens (tertiary/aromatic N) is 1. The molecule has 98 valence electrons. The van der Waals surface area contributed by atoms with E-state index in [1.165, 1.54) is 0 Å². The molecule has 0 amide bonds. The molecular formula is C14H20ClN3. The van der Waals surface area contributed by atoms with E-state index in [9.17, 15) is 0 Å². The summed E-state index contributed by atoms with van der Waals surface area (Å²) in [7, 11) is 0. The fourth-order valence-corrected chi connectivity index (χ4v) is 2.40. The SMILES string of the molecule is CC(C)(C)CC(CN)c1nc2ccc(Cl)cc2[nH]1. The monoisotopic (exact) mass is 265 g/mol. The third kappa shape index (κ3) is 3.03. The van der Waals surface area contributed by atoms with Crippen LogP contribution in [0.15, 0.2) is 18.2 Å². The third-order valence-electron chi connectivity index (χ3n) is 2.99. The molecule has 0 aliphatic carbocycles. The molecule has 0 saturated carbocycles. The van der Waals surface area contributed by atoms with Gasteiger partial charge in [-0.3, -0.25) is 0 Å². The van der Waals surface area contributed by atoms with Crippen LogP contribution in [0, 0.1) is 5.41 Å². The van der Waals surface area contributed by atoms with Gasteiger partial charge >= 0.3 is 0 Å². The summed E-state index contributed by atoms with van der Waals surface area (Å²) in [5.41, 5.74) is 8.04. The number of fused-ring (bicyclic) bond motifs is 1. The van der Waals surface area contributed by atoms with Crippen LogP contribution < -0.4 is 5.73 Å². The molecule has 0 fully saturated rings. The molecule has 1 unspecified atom stereocenters. The van der Waals surface area contributed by atoms with Gasteiger partial charge < -0.3 is 10.7 Å². The van der Waals surface area contributed by atoms with Crippen molar-refractivity contribution in [1.29, 1.82) is 0 Å². The van der Waals surface area contributed by atoms with Gasteiger partial charge in [0.15, 0.2) is 0 Å². The lowest BCUT2D eigenvalue weighted by Crippen LogP contribution is -2.20. The highest BCUT2D eigenvalue weighted by Crippen LogP contribution is 2.30. The van der Waals surface area contributed by atoms with Crippen molar-refractivity contribution in [1.82, 2.24) is 9.97 Å². The van der Waals surface area contributed by atoms with Crippen molar-refractivity contribution in [2.24, 2.45) is 11.1 Å². The second-order valence-electron chi connectivity index (χ2n) is 5.98. The highest BCUT2D eigenvalue weighted by atomic mass is 35.5. The van der Waals surface area contributed by atoms with Gasteiger partial charge in [-0.15, -0.1) is 0 Å². The second-order valence-corrected chi connectivity index (χ2v) is 6.42. The Balaban J connectivity index is 2.34. The van der Waals surface area contributed by atoms with Crippen molar-refractivity contribution < 1.29 is 0 Å². The van der Waals surface area contributed by atoms with Crippen molar-refractivity contribution in [2.45, 2.75) is 33.1 Å². The number of imidazole rings is 1. The van der Waals surface area contributed by atoms with Gasteiger partial charge in [0.05, 0.1) is 11.0 Å². The van der Waals surface area contributed by atoms with Crippen LogP contribution in [0.4, 0.5) is 0 Å². The number of rotatable bonds is 3. The largest absolute Gasteiger partial charge is 0.342 e. The Hall–Kier alpha value is -1.06. The lowest BCUT2D eigenvalue weighted by molar-refractivity contribution is 0.337. The van der Waals surface area contributed by atoms with Gasteiger partial charge in [-0.25, -0.2) is 4.98 Å². The first kappa shape index (κ1) is 13.4. The molecule has 0 spiro atoms. The number of aromatic nitrogens is 2. The van der Waals surface area contributed by atoms with Crippen molar-refractivity contribution >= 4 is 22.6 Å². The zero-order valence-electron chi connectivity index (χ0n) is 11.1. The Labute approximate surface area is 113 Å². The minimum absolute atomic E-state index is 0.237. The van der Waals surface area contributed by atoms with E-state index in [2.05, 4.69) is 30.7 Å². The molecule has 4 heteroatoms. The molecule has 1 atom stereocenters. The molecule has 0 radical (unpaired) electrons. The Kier molecular flexibility index (Phi) is 3.64. The lowest BCUT2D eigenvalue weighted by atomic mass is 9.84. The number of hydrogen-bond donors (Lipinski definition) is 2. The average molecular weight is 266 g/mol. The van der Waals surface area contributed by atoms with Gasteiger partial charge in [0, 0.05) is 17.5 Å². The number of nitrogens with one attached hydrogen (secondary N) is 1. The molecular weight excluding hydrogens is 246 g/mol. The van der Waals surface area contributed by atoms with E-state index in [0.29, 0.717) is 6.54 Å². The highest BCUT2D eigenvalue weighted by molar-refractivity contribution is 6.31. The minimum atomic E-state index is 0.237. The molecule has 2 aromatic rings. The molecule has 1 heterocycles. The van der Waals surface area contributed by atoms with E-state index in [-0.39, 0.29) is 11.3 Å². The number of nitrogens with two attached hydrogens (primary N) is 1. The van der Waals surface area contributed by atoms with E-state index < -0.39 is 0 Å². The Bertz CT molecular complexity index is 539. The minimum Gasteiger partial charge on any atom is -0.342 e. The predicted molar refractivity (Wildman–Crippen MR) is 77.0 cm³/mol. The number of H-pyrrole nitrogens is 1. The zero-order valence-corrected chi connectivity index (χ0v) is 11.9. The average Bonchev–Trinajstić information content (AvgIpc) is 2.67. The maximum Gasteiger partial charge on any atom is 0.111 e. The quantitative estimate of drug-likeness (QED) is 0.889. The summed E-state index contributed by atoms with van der Waals surface area (Å²) < 4.78 is 0. The summed E-state index contributed by atoms with van der Waals surface area (Å²) in [5, 5.41) is 0.720. The van der Waals surface area contributed by atoms with Crippen LogP contribution in [0.2, 0.25) is 5.02 Å². The summed E-state index contributed by atoms with van der Waals surface area (Å²) in [6.07, 6.45) is 1.01. The molecule has 1 aromatic carbocycles. The molecule has 3 N–H and O–H groups in total. The maximum absolute atomic E-state index is 5.98. The lowest BCUT2D eigenvalue weighted by Gasteiger charge is -2.23. The molecule has 0 aliphatic rings. The van der Waals surface area contributed by atoms with Gasteiger partial charge in [0.1, 0.15) is 5.82 Å². The number of aromatic amines is 1. The van der Waals surface area contributed by atoms with Crippen LogP contribution in [-0.4, -0.2) is 16.5 Å². The Morgan fingerprint density at radius 2 is 2.11 bits per heavy atom. The smallest absolute Gasteiger partial charge is 0.111 e. The first-order valence-electron chi connectivity index (χ1n) is 6.24. The van der Waals surface area contributed by atoms with Crippen molar-refractivity contribution in [3.05, 3.63) is 29.0 Å². The molecule has 0 bridgehead atoms. The number of halogens is 1. The Morgan fingerprint density at radius 1 is 1.39 bits per heavy atom. The standard InChI is InChI=1S/C14H20ClN3/c1-14(2,3)7-9(8-16)13-17-11-5-4-10(15)6-12(11)18-13/h4-6,9H,7-8,16H2,1-3H3,(H,17,18). The van der Waals surface area contributed by atoms with Gasteiger partial charge in [-0.05, 0) is 30.0 Å². The van der Waals surface area contributed by atoms with E-state index in [0.717, 1.165) is 28.3 Å². The fraction of sp³-hybridized carbons (Fsp3) is 0.500. The zero-order chi connectivity index (χ0) is 13.3. The molecule has 2 rings (SSSR count). The van der Waals surface area contributed by atoms with Crippen LogP contribution in [0.5, 0.6) is 0 Å². The first-order valence-corrected chi connectivity index (χ1v) is 6.62. The second kappa shape index (κ2) is 4.90. The third-order valence-corrected chi connectivity index (χ3v) is 3.23. The summed E-state index contributed by atoms with van der Waals surface area (Å²) in [6.45, 7) is 7.25. The molecule has 0 saturated heterocycles. The molecule has 18 heavy (non-hydrogen) atoms. The summed E-state index contributed by atoms with van der Waals surface area (Å²) in [4.78, 5) is 7.95. The van der Waals surface area contributed by atoms with Gasteiger partial charge in [-0.1, -0.05) is 32.4 Å². The normalized spacial score (nSPS) is 14.1. The van der Waals surface area contributed by atoms with E-state index in [4.69, 9.17) is 17.3 Å². The van der Waals surface area contributed by atoms with Crippen molar-refractivity contribution in [3.8, 4) is 0 Å². The first-order chi connectivity index (χ1) is 8.39. The van der Waals surface area contributed by atoms with E-state index >= 15 is 0 Å². The van der Waals surface area contributed by atoms with Crippen LogP contribution in [0.25, 0.3) is 11.0 Å². The van der Waals surface area contributed by atoms with Gasteiger partial charge in [0.25, 0.3) is 0 Å². The molecule has 3 nitrogen and oxygen atoms in total. The topological polar surface area (TPSA) is 54.7 Å². The van der Waals surface area contributed by atoms with Gasteiger partial charge in [0.2, 0.25) is 0 Å². The highest BCUT2D eigenvalue weighted by Gasteiger charge is 2.21. The number of hydrogen-bond acceptors (Lipinski definition) is 2. The fourth-order valence-electron chi connectivity index (χ4n) is 2.23. The predicted octanol–water partition coefficient (Wildman–Crippen LogP) is 3.69. The number of benzene rings is 1. The van der Waals surface area contributed by atoms with Crippen LogP contribution in [-0.2, 0) is 0 Å².